The summed E-state index contributed by atoms with van der Waals surface area (Å²) in [4.78, 5) is 0. The third-order valence-electron chi connectivity index (χ3n) is 2.36. The summed E-state index contributed by atoms with van der Waals surface area (Å²) in [5, 5.41) is 0. The van der Waals surface area contributed by atoms with Gasteiger partial charge >= 0.3 is 0 Å². The molecule has 0 unspecified atom stereocenters. The Morgan fingerprint density at radius 3 is 2.31 bits per heavy atom. The molecule has 90 valence electrons. The van der Waals surface area contributed by atoms with Gasteiger partial charge in [-0.25, -0.2) is 0 Å². The maximum absolute atomic E-state index is 5.40. The fourth-order valence-corrected chi connectivity index (χ4v) is 1.44. The van der Waals surface area contributed by atoms with Gasteiger partial charge in [-0.15, -0.1) is 0 Å². The van der Waals surface area contributed by atoms with Gasteiger partial charge in [0.1, 0.15) is 0 Å². The first kappa shape index (κ1) is 12.8. The van der Waals surface area contributed by atoms with Crippen LogP contribution in [-0.2, 0) is 11.3 Å². The monoisotopic (exact) mass is 225 g/mol. The lowest BCUT2D eigenvalue weighted by Crippen LogP contribution is -2.08. The molecule has 0 saturated heterocycles. The molecular weight excluding hydrogens is 206 g/mol. The normalized spacial score (nSPS) is 10.2. The number of hydrogen-bond acceptors (Lipinski definition) is 4. The number of rotatable bonds is 6. The van der Waals surface area contributed by atoms with Crippen molar-refractivity contribution in [2.45, 2.75) is 13.5 Å². The van der Waals surface area contributed by atoms with Crippen molar-refractivity contribution in [3.05, 3.63) is 23.3 Å². The Labute approximate surface area is 96.3 Å². The number of benzene rings is 1. The van der Waals surface area contributed by atoms with Crippen molar-refractivity contribution in [3.63, 3.8) is 0 Å². The quantitative estimate of drug-likeness (QED) is 0.745. The maximum Gasteiger partial charge on any atom is 0.161 e. The largest absolute Gasteiger partial charge is 0.493 e. The lowest BCUT2D eigenvalue weighted by Gasteiger charge is -2.12. The number of aryl methyl sites for hydroxylation is 1. The summed E-state index contributed by atoms with van der Waals surface area (Å²) in [7, 11) is 3.25. The van der Waals surface area contributed by atoms with Crippen LogP contribution in [0.5, 0.6) is 11.5 Å². The summed E-state index contributed by atoms with van der Waals surface area (Å²) < 4.78 is 15.8. The van der Waals surface area contributed by atoms with E-state index in [9.17, 15) is 0 Å². The van der Waals surface area contributed by atoms with Crippen LogP contribution < -0.4 is 15.2 Å². The van der Waals surface area contributed by atoms with Crippen LogP contribution in [0.2, 0.25) is 0 Å². The molecule has 4 nitrogen and oxygen atoms in total. The van der Waals surface area contributed by atoms with Crippen LogP contribution >= 0.6 is 0 Å². The van der Waals surface area contributed by atoms with Crippen LogP contribution in [0.25, 0.3) is 0 Å². The maximum atomic E-state index is 5.40. The first-order valence-corrected chi connectivity index (χ1v) is 5.22. The second-order valence-electron chi connectivity index (χ2n) is 3.47. The molecule has 1 aromatic carbocycles. The zero-order chi connectivity index (χ0) is 12.0. The molecule has 0 aromatic heterocycles. The molecule has 0 aliphatic heterocycles. The van der Waals surface area contributed by atoms with Gasteiger partial charge in [0.25, 0.3) is 0 Å². The van der Waals surface area contributed by atoms with Gasteiger partial charge in [0.05, 0.1) is 27.4 Å². The minimum Gasteiger partial charge on any atom is -0.493 e. The summed E-state index contributed by atoms with van der Waals surface area (Å²) in [5.74, 6) is 1.46. The van der Waals surface area contributed by atoms with Gasteiger partial charge in [0, 0.05) is 6.54 Å². The number of ether oxygens (including phenoxy) is 3. The molecule has 1 aromatic rings. The van der Waals surface area contributed by atoms with Crippen LogP contribution in [0.3, 0.4) is 0 Å². The molecular formula is C12H19NO3. The van der Waals surface area contributed by atoms with Crippen LogP contribution in [0.15, 0.2) is 12.1 Å². The van der Waals surface area contributed by atoms with E-state index in [-0.39, 0.29) is 0 Å². The number of hydrogen-bond donors (Lipinski definition) is 1. The van der Waals surface area contributed by atoms with Crippen molar-refractivity contribution >= 4 is 0 Å². The minimum atomic E-state index is 0.534. The van der Waals surface area contributed by atoms with Gasteiger partial charge in [-0.2, -0.15) is 0 Å². The standard InChI is InChI=1S/C12H19NO3/c1-9-6-11(14-2)12(15-3)7-10(9)8-16-5-4-13/h6-7H,4-5,8,13H2,1-3H3. The average molecular weight is 225 g/mol. The smallest absolute Gasteiger partial charge is 0.161 e. The fourth-order valence-electron chi connectivity index (χ4n) is 1.44. The Hall–Kier alpha value is -1.26. The summed E-state index contributed by atoms with van der Waals surface area (Å²) >= 11 is 0. The van der Waals surface area contributed by atoms with E-state index >= 15 is 0 Å². The molecule has 1 rings (SSSR count). The van der Waals surface area contributed by atoms with Crippen molar-refractivity contribution in [1.29, 1.82) is 0 Å². The summed E-state index contributed by atoms with van der Waals surface area (Å²) in [5.41, 5.74) is 7.57. The third-order valence-corrected chi connectivity index (χ3v) is 2.36. The SMILES string of the molecule is COc1cc(C)c(COCCN)cc1OC. The molecule has 0 amide bonds. The van der Waals surface area contributed by atoms with E-state index in [1.54, 1.807) is 14.2 Å². The van der Waals surface area contributed by atoms with E-state index in [0.717, 1.165) is 22.6 Å². The fraction of sp³-hybridized carbons (Fsp3) is 0.500. The molecule has 16 heavy (non-hydrogen) atoms. The molecule has 0 atom stereocenters. The van der Waals surface area contributed by atoms with Crippen molar-refractivity contribution in [3.8, 4) is 11.5 Å². The predicted octanol–water partition coefficient (Wildman–Crippen LogP) is 1.49. The highest BCUT2D eigenvalue weighted by atomic mass is 16.5. The molecule has 0 aliphatic rings. The molecule has 4 heteroatoms. The zero-order valence-electron chi connectivity index (χ0n) is 10.1. The molecule has 0 bridgehead atoms. The van der Waals surface area contributed by atoms with Crippen molar-refractivity contribution in [2.24, 2.45) is 5.73 Å². The molecule has 0 radical (unpaired) electrons. The highest BCUT2D eigenvalue weighted by Crippen LogP contribution is 2.30. The first-order chi connectivity index (χ1) is 7.72. The van der Waals surface area contributed by atoms with Crippen molar-refractivity contribution in [2.75, 3.05) is 27.4 Å². The van der Waals surface area contributed by atoms with E-state index in [1.165, 1.54) is 0 Å². The molecule has 0 fully saturated rings. The Bertz CT molecular complexity index is 339. The predicted molar refractivity (Wildman–Crippen MR) is 63.0 cm³/mol. The van der Waals surface area contributed by atoms with Gasteiger partial charge in [0.15, 0.2) is 11.5 Å². The average Bonchev–Trinajstić information content (AvgIpc) is 2.31. The second kappa shape index (κ2) is 6.35. The Morgan fingerprint density at radius 1 is 1.12 bits per heavy atom. The van der Waals surface area contributed by atoms with E-state index in [0.29, 0.717) is 19.8 Å². The molecule has 0 spiro atoms. The Balaban J connectivity index is 2.84. The molecule has 0 aliphatic carbocycles. The lowest BCUT2D eigenvalue weighted by atomic mass is 10.1. The van der Waals surface area contributed by atoms with Crippen LogP contribution in [0.4, 0.5) is 0 Å². The molecule has 0 heterocycles. The van der Waals surface area contributed by atoms with Crippen molar-refractivity contribution in [1.82, 2.24) is 0 Å². The van der Waals surface area contributed by atoms with Crippen LogP contribution in [0.1, 0.15) is 11.1 Å². The van der Waals surface area contributed by atoms with E-state index in [1.807, 2.05) is 19.1 Å². The zero-order valence-corrected chi connectivity index (χ0v) is 10.1. The van der Waals surface area contributed by atoms with E-state index < -0.39 is 0 Å². The minimum absolute atomic E-state index is 0.534. The summed E-state index contributed by atoms with van der Waals surface area (Å²) in [6.07, 6.45) is 0. The van der Waals surface area contributed by atoms with Gasteiger partial charge in [-0.1, -0.05) is 0 Å². The van der Waals surface area contributed by atoms with E-state index in [4.69, 9.17) is 19.9 Å². The number of methoxy groups -OCH3 is 2. The van der Waals surface area contributed by atoms with Gasteiger partial charge < -0.3 is 19.9 Å². The summed E-state index contributed by atoms with van der Waals surface area (Å²) in [6.45, 7) is 3.66. The second-order valence-corrected chi connectivity index (χ2v) is 3.47. The topological polar surface area (TPSA) is 53.7 Å². The first-order valence-electron chi connectivity index (χ1n) is 5.22. The molecule has 2 N–H and O–H groups in total. The lowest BCUT2D eigenvalue weighted by molar-refractivity contribution is 0.127. The third kappa shape index (κ3) is 3.12. The number of nitrogens with two attached hydrogens (primary N) is 1. The Morgan fingerprint density at radius 2 is 1.75 bits per heavy atom. The van der Waals surface area contributed by atoms with Gasteiger partial charge in [-0.05, 0) is 30.2 Å². The van der Waals surface area contributed by atoms with E-state index in [2.05, 4.69) is 0 Å². The molecule has 0 saturated carbocycles. The van der Waals surface area contributed by atoms with Gasteiger partial charge in [0.2, 0.25) is 0 Å². The van der Waals surface area contributed by atoms with Crippen molar-refractivity contribution < 1.29 is 14.2 Å². The summed E-state index contributed by atoms with van der Waals surface area (Å²) in [6, 6.07) is 3.88. The van der Waals surface area contributed by atoms with Crippen LogP contribution in [-0.4, -0.2) is 27.4 Å². The highest BCUT2D eigenvalue weighted by Gasteiger charge is 2.08. The van der Waals surface area contributed by atoms with Gasteiger partial charge in [-0.3, -0.25) is 0 Å². The highest BCUT2D eigenvalue weighted by molar-refractivity contribution is 5.46. The van der Waals surface area contributed by atoms with Crippen LogP contribution in [0, 0.1) is 6.92 Å². The Kier molecular flexibility index (Phi) is 5.08.